The highest BCUT2D eigenvalue weighted by Gasteiger charge is 2.07. The number of nitrogens with one attached hydrogen (secondary N) is 2. The van der Waals surface area contributed by atoms with Gasteiger partial charge in [-0.1, -0.05) is 11.6 Å². The van der Waals surface area contributed by atoms with E-state index in [0.29, 0.717) is 11.5 Å². The average molecular weight is 319 g/mol. The van der Waals surface area contributed by atoms with Gasteiger partial charge >= 0.3 is 0 Å². The largest absolute Gasteiger partial charge is 0.493 e. The van der Waals surface area contributed by atoms with Crippen LogP contribution in [-0.4, -0.2) is 47.0 Å². The molecule has 1 aliphatic heterocycles. The minimum Gasteiger partial charge on any atom is -0.493 e. The van der Waals surface area contributed by atoms with Crippen LogP contribution in [0.25, 0.3) is 0 Å². The number of hydrogen-bond donors (Lipinski definition) is 2. The van der Waals surface area contributed by atoms with E-state index >= 15 is 0 Å². The van der Waals surface area contributed by atoms with Crippen molar-refractivity contribution >= 4 is 11.6 Å². The first-order valence-electron chi connectivity index (χ1n) is 7.72. The van der Waals surface area contributed by atoms with Crippen LogP contribution < -0.4 is 20.1 Å². The first kappa shape index (κ1) is 17.1. The van der Waals surface area contributed by atoms with Gasteiger partial charge in [-0.15, -0.1) is 0 Å². The summed E-state index contributed by atoms with van der Waals surface area (Å²) in [5, 5.41) is 6.57. The van der Waals surface area contributed by atoms with Gasteiger partial charge in [0.25, 0.3) is 0 Å². The number of rotatable bonds is 6. The maximum Gasteiger partial charge on any atom is 0.195 e. The van der Waals surface area contributed by atoms with Gasteiger partial charge in [0, 0.05) is 25.3 Å². The number of anilines is 1. The summed E-state index contributed by atoms with van der Waals surface area (Å²) >= 11 is 0. The fraction of sp³-hybridized carbons (Fsp3) is 0.471. The van der Waals surface area contributed by atoms with Gasteiger partial charge in [0.15, 0.2) is 17.5 Å². The van der Waals surface area contributed by atoms with Crippen molar-refractivity contribution in [3.63, 3.8) is 0 Å². The highest BCUT2D eigenvalue weighted by molar-refractivity contribution is 5.93. The molecule has 0 bridgehead atoms. The lowest BCUT2D eigenvalue weighted by molar-refractivity contribution is 0.153. The summed E-state index contributed by atoms with van der Waals surface area (Å²) in [6.45, 7) is 2.39. The Morgan fingerprint density at radius 1 is 1.26 bits per heavy atom. The molecule has 0 saturated heterocycles. The fourth-order valence-corrected chi connectivity index (χ4v) is 2.36. The molecule has 126 valence electrons. The van der Waals surface area contributed by atoms with Gasteiger partial charge in [0.1, 0.15) is 0 Å². The van der Waals surface area contributed by atoms with E-state index in [2.05, 4.69) is 21.7 Å². The van der Waals surface area contributed by atoms with Gasteiger partial charge in [-0.05, 0) is 25.0 Å². The zero-order chi connectivity index (χ0) is 16.5. The molecule has 1 heterocycles. The third-order valence-electron chi connectivity index (χ3n) is 3.67. The Balaban J connectivity index is 1.88. The lowest BCUT2D eigenvalue weighted by Gasteiger charge is -2.16. The van der Waals surface area contributed by atoms with Gasteiger partial charge in [0.2, 0.25) is 0 Å². The standard InChI is InChI=1S/C17H25N3O3/c1-18-17(19-9-6-13-7-10-23-11-8-13)20-14-4-5-15(21-2)16(12-14)22-3/h4-5,7,12H,6,8-11H2,1-3H3,(H2,18,19,20). The second-order valence-corrected chi connectivity index (χ2v) is 5.13. The maximum atomic E-state index is 5.31. The Morgan fingerprint density at radius 2 is 2.09 bits per heavy atom. The predicted molar refractivity (Wildman–Crippen MR) is 92.7 cm³/mol. The predicted octanol–water partition coefficient (Wildman–Crippen LogP) is 2.43. The van der Waals surface area contributed by atoms with Crippen LogP contribution in [0.1, 0.15) is 12.8 Å². The minimum absolute atomic E-state index is 0.681. The van der Waals surface area contributed by atoms with Crippen LogP contribution in [0.2, 0.25) is 0 Å². The molecule has 0 saturated carbocycles. The molecular weight excluding hydrogens is 294 g/mol. The van der Waals surface area contributed by atoms with Crippen molar-refractivity contribution in [1.82, 2.24) is 5.32 Å². The van der Waals surface area contributed by atoms with Crippen molar-refractivity contribution in [3.8, 4) is 11.5 Å². The van der Waals surface area contributed by atoms with Gasteiger partial charge < -0.3 is 24.8 Å². The lowest BCUT2D eigenvalue weighted by atomic mass is 10.1. The van der Waals surface area contributed by atoms with E-state index < -0.39 is 0 Å². The number of ether oxygens (including phenoxy) is 3. The molecule has 6 heteroatoms. The van der Waals surface area contributed by atoms with Crippen LogP contribution in [0.3, 0.4) is 0 Å². The normalized spacial score (nSPS) is 14.9. The number of aliphatic imine (C=N–C) groups is 1. The van der Waals surface area contributed by atoms with Crippen molar-refractivity contribution in [1.29, 1.82) is 0 Å². The maximum absolute atomic E-state index is 5.31. The van der Waals surface area contributed by atoms with Gasteiger partial charge in [-0.25, -0.2) is 0 Å². The molecule has 6 nitrogen and oxygen atoms in total. The summed E-state index contributed by atoms with van der Waals surface area (Å²) in [5.41, 5.74) is 2.33. The zero-order valence-electron chi connectivity index (χ0n) is 14.0. The van der Waals surface area contributed by atoms with Crippen LogP contribution in [0.4, 0.5) is 5.69 Å². The molecule has 0 amide bonds. The Kier molecular flexibility index (Phi) is 6.75. The van der Waals surface area contributed by atoms with E-state index in [1.54, 1.807) is 21.3 Å². The number of methoxy groups -OCH3 is 2. The molecule has 0 radical (unpaired) electrons. The summed E-state index contributed by atoms with van der Waals surface area (Å²) in [7, 11) is 5.00. The van der Waals surface area contributed by atoms with Gasteiger partial charge in [-0.3, -0.25) is 4.99 Å². The molecule has 23 heavy (non-hydrogen) atoms. The second-order valence-electron chi connectivity index (χ2n) is 5.13. The summed E-state index contributed by atoms with van der Waals surface area (Å²) in [6.07, 6.45) is 4.18. The SMILES string of the molecule is CN=C(NCCC1=CCOCC1)Nc1ccc(OC)c(OC)c1. The molecule has 1 aromatic carbocycles. The van der Waals surface area contributed by atoms with E-state index in [-0.39, 0.29) is 0 Å². The molecule has 0 spiro atoms. The first-order valence-corrected chi connectivity index (χ1v) is 7.72. The van der Waals surface area contributed by atoms with Crippen molar-refractivity contribution in [2.75, 3.05) is 46.3 Å². The fourth-order valence-electron chi connectivity index (χ4n) is 2.36. The van der Waals surface area contributed by atoms with Crippen molar-refractivity contribution < 1.29 is 14.2 Å². The molecule has 0 aliphatic carbocycles. The lowest BCUT2D eigenvalue weighted by Crippen LogP contribution is -2.31. The molecule has 0 fully saturated rings. The molecule has 1 aliphatic rings. The highest BCUT2D eigenvalue weighted by atomic mass is 16.5. The van der Waals surface area contributed by atoms with Crippen LogP contribution >= 0.6 is 0 Å². The van der Waals surface area contributed by atoms with Gasteiger partial charge in [0.05, 0.1) is 27.4 Å². The first-order chi connectivity index (χ1) is 11.3. The number of nitrogens with zero attached hydrogens (tertiary/aromatic N) is 1. The molecule has 1 aromatic rings. The molecule has 2 rings (SSSR count). The summed E-state index contributed by atoms with van der Waals surface area (Å²) in [4.78, 5) is 4.24. The molecular formula is C17H25N3O3. The summed E-state index contributed by atoms with van der Waals surface area (Å²) in [5.74, 6) is 2.11. The van der Waals surface area contributed by atoms with E-state index in [4.69, 9.17) is 14.2 Å². The molecule has 2 N–H and O–H groups in total. The molecule has 0 atom stereocenters. The van der Waals surface area contributed by atoms with Crippen molar-refractivity contribution in [2.45, 2.75) is 12.8 Å². The molecule has 0 unspecified atom stereocenters. The second kappa shape index (κ2) is 9.05. The zero-order valence-corrected chi connectivity index (χ0v) is 14.0. The molecule has 0 aromatic heterocycles. The quantitative estimate of drug-likeness (QED) is 0.479. The van der Waals surface area contributed by atoms with Crippen LogP contribution in [0.5, 0.6) is 11.5 Å². The van der Waals surface area contributed by atoms with E-state index in [9.17, 15) is 0 Å². The van der Waals surface area contributed by atoms with Crippen molar-refractivity contribution in [3.05, 3.63) is 29.8 Å². The Morgan fingerprint density at radius 3 is 2.74 bits per heavy atom. The Labute approximate surface area is 137 Å². The van der Waals surface area contributed by atoms with Crippen LogP contribution in [0.15, 0.2) is 34.8 Å². The summed E-state index contributed by atoms with van der Waals surface area (Å²) in [6, 6.07) is 5.67. The monoisotopic (exact) mass is 319 g/mol. The van der Waals surface area contributed by atoms with E-state index in [1.807, 2.05) is 18.2 Å². The number of hydrogen-bond acceptors (Lipinski definition) is 4. The van der Waals surface area contributed by atoms with Crippen LogP contribution in [-0.2, 0) is 4.74 Å². The third kappa shape index (κ3) is 5.17. The highest BCUT2D eigenvalue weighted by Crippen LogP contribution is 2.29. The topological polar surface area (TPSA) is 64.1 Å². The number of guanidine groups is 1. The van der Waals surface area contributed by atoms with E-state index in [0.717, 1.165) is 44.2 Å². The Hall–Kier alpha value is -2.21. The third-order valence-corrected chi connectivity index (χ3v) is 3.67. The van der Waals surface area contributed by atoms with Crippen molar-refractivity contribution in [2.24, 2.45) is 4.99 Å². The van der Waals surface area contributed by atoms with E-state index in [1.165, 1.54) is 5.57 Å². The smallest absolute Gasteiger partial charge is 0.195 e. The summed E-state index contributed by atoms with van der Waals surface area (Å²) < 4.78 is 15.9. The average Bonchev–Trinajstić information content (AvgIpc) is 2.61. The minimum atomic E-state index is 0.681. The number of benzene rings is 1. The van der Waals surface area contributed by atoms with Gasteiger partial charge in [-0.2, -0.15) is 0 Å². The Bertz CT molecular complexity index is 570. The van der Waals surface area contributed by atoms with Crippen LogP contribution in [0, 0.1) is 0 Å².